The lowest BCUT2D eigenvalue weighted by Crippen LogP contribution is -2.42. The summed E-state index contributed by atoms with van der Waals surface area (Å²) in [5.41, 5.74) is -1.32. The van der Waals surface area contributed by atoms with E-state index in [9.17, 15) is 14.7 Å². The first kappa shape index (κ1) is 10.1. The average molecular weight is 184 g/mol. The summed E-state index contributed by atoms with van der Waals surface area (Å²) in [5, 5.41) is 9.77. The van der Waals surface area contributed by atoms with Crippen LogP contribution in [-0.4, -0.2) is 36.0 Å². The summed E-state index contributed by atoms with van der Waals surface area (Å²) in [6.07, 6.45) is 3.32. The molecule has 72 valence electrons. The molecule has 4 nitrogen and oxygen atoms in total. The van der Waals surface area contributed by atoms with Gasteiger partial charge in [-0.3, -0.25) is 9.59 Å². The van der Waals surface area contributed by atoms with E-state index >= 15 is 0 Å². The van der Waals surface area contributed by atoms with Gasteiger partial charge in [0.05, 0.1) is 0 Å². The van der Waals surface area contributed by atoms with Crippen molar-refractivity contribution in [1.29, 1.82) is 0 Å². The number of rotatable bonds is 3. The molecule has 0 radical (unpaired) electrons. The van der Waals surface area contributed by atoms with Crippen molar-refractivity contribution in [2.45, 2.75) is 18.4 Å². The number of carbonyl (C=O) groups excluding carboxylic acids is 2. The lowest BCUT2D eigenvalue weighted by molar-refractivity contribution is -0.141. The van der Waals surface area contributed by atoms with Crippen LogP contribution in [0, 0.1) is 0 Å². The van der Waals surface area contributed by atoms with E-state index in [4.69, 9.17) is 4.74 Å². The SMILES string of the molecule is O=C/C=C\C(=O)C1(O)CCOCC1. The highest BCUT2D eigenvalue weighted by atomic mass is 16.5. The van der Waals surface area contributed by atoms with E-state index in [1.54, 1.807) is 0 Å². The summed E-state index contributed by atoms with van der Waals surface area (Å²) in [6, 6.07) is 0. The average Bonchev–Trinajstić information content (AvgIpc) is 2.15. The smallest absolute Gasteiger partial charge is 0.187 e. The molecule has 1 N–H and O–H groups in total. The lowest BCUT2D eigenvalue weighted by atomic mass is 9.89. The molecule has 1 aliphatic rings. The second-order valence-electron chi connectivity index (χ2n) is 3.00. The predicted octanol–water partition coefficient (Wildman–Crippen LogP) is -0.148. The van der Waals surface area contributed by atoms with Crippen molar-refractivity contribution < 1.29 is 19.4 Å². The molecule has 0 aliphatic carbocycles. The number of hydrogen-bond acceptors (Lipinski definition) is 4. The number of aldehydes is 1. The first-order valence-corrected chi connectivity index (χ1v) is 4.15. The topological polar surface area (TPSA) is 63.6 Å². The predicted molar refractivity (Wildman–Crippen MR) is 45.2 cm³/mol. The first-order valence-electron chi connectivity index (χ1n) is 4.15. The second-order valence-corrected chi connectivity index (χ2v) is 3.00. The van der Waals surface area contributed by atoms with E-state index in [1.807, 2.05) is 0 Å². The summed E-state index contributed by atoms with van der Waals surface area (Å²) in [6.45, 7) is 0.772. The molecule has 1 aliphatic heterocycles. The Kier molecular flexibility index (Phi) is 3.33. The molecular weight excluding hydrogens is 172 g/mol. The molecule has 0 unspecified atom stereocenters. The van der Waals surface area contributed by atoms with Gasteiger partial charge in [-0.2, -0.15) is 0 Å². The Bertz CT molecular complexity index is 226. The van der Waals surface area contributed by atoms with Crippen LogP contribution in [0.15, 0.2) is 12.2 Å². The van der Waals surface area contributed by atoms with Crippen LogP contribution in [0.4, 0.5) is 0 Å². The number of ether oxygens (including phenoxy) is 1. The number of aliphatic hydroxyl groups is 1. The van der Waals surface area contributed by atoms with Gasteiger partial charge < -0.3 is 9.84 Å². The van der Waals surface area contributed by atoms with E-state index in [0.717, 1.165) is 12.2 Å². The van der Waals surface area contributed by atoms with E-state index in [2.05, 4.69) is 0 Å². The Hall–Kier alpha value is -1.00. The highest BCUT2D eigenvalue weighted by molar-refractivity contribution is 5.98. The standard InChI is InChI=1S/C9H12O4/c10-5-1-2-8(11)9(12)3-6-13-7-4-9/h1-2,5,12H,3-4,6-7H2/b2-1-. The fraction of sp³-hybridized carbons (Fsp3) is 0.556. The van der Waals surface area contributed by atoms with Gasteiger partial charge in [-0.05, 0) is 12.2 Å². The van der Waals surface area contributed by atoms with Gasteiger partial charge >= 0.3 is 0 Å². The highest BCUT2D eigenvalue weighted by Crippen LogP contribution is 2.21. The molecule has 0 aromatic rings. The Labute approximate surface area is 76.2 Å². The van der Waals surface area contributed by atoms with Crippen LogP contribution in [0.2, 0.25) is 0 Å². The number of hydrogen-bond donors (Lipinski definition) is 1. The van der Waals surface area contributed by atoms with Crippen LogP contribution >= 0.6 is 0 Å². The zero-order chi connectivity index (χ0) is 9.73. The summed E-state index contributed by atoms with van der Waals surface area (Å²) in [4.78, 5) is 21.3. The van der Waals surface area contributed by atoms with Gasteiger partial charge in [0.15, 0.2) is 5.78 Å². The monoisotopic (exact) mass is 184 g/mol. The molecule has 13 heavy (non-hydrogen) atoms. The van der Waals surface area contributed by atoms with Crippen LogP contribution in [0.1, 0.15) is 12.8 Å². The molecule has 0 aromatic heterocycles. The number of allylic oxidation sites excluding steroid dienone is 1. The Balaban J connectivity index is 2.61. The normalized spacial score (nSPS) is 21.6. The van der Waals surface area contributed by atoms with Crippen molar-refractivity contribution in [2.24, 2.45) is 0 Å². The maximum absolute atomic E-state index is 11.3. The number of carbonyl (C=O) groups is 2. The maximum Gasteiger partial charge on any atom is 0.187 e. The molecule has 1 fully saturated rings. The van der Waals surface area contributed by atoms with E-state index in [-0.39, 0.29) is 0 Å². The fourth-order valence-electron chi connectivity index (χ4n) is 1.24. The third kappa shape index (κ3) is 2.47. The molecule has 0 amide bonds. The van der Waals surface area contributed by atoms with Gasteiger partial charge in [-0.15, -0.1) is 0 Å². The van der Waals surface area contributed by atoms with Crippen LogP contribution in [0.5, 0.6) is 0 Å². The van der Waals surface area contributed by atoms with Crippen LogP contribution in [0.25, 0.3) is 0 Å². The summed E-state index contributed by atoms with van der Waals surface area (Å²) >= 11 is 0. The third-order valence-corrected chi connectivity index (χ3v) is 2.10. The molecule has 0 aromatic carbocycles. The van der Waals surface area contributed by atoms with Crippen molar-refractivity contribution in [3.8, 4) is 0 Å². The first-order chi connectivity index (χ1) is 6.19. The van der Waals surface area contributed by atoms with E-state index in [1.165, 1.54) is 0 Å². The molecule has 0 bridgehead atoms. The minimum absolute atomic E-state index is 0.301. The molecular formula is C9H12O4. The molecule has 0 spiro atoms. The molecule has 0 saturated carbocycles. The zero-order valence-electron chi connectivity index (χ0n) is 7.23. The van der Waals surface area contributed by atoms with Crippen molar-refractivity contribution >= 4 is 12.1 Å². The number of ketones is 1. The minimum Gasteiger partial charge on any atom is -0.382 e. The van der Waals surface area contributed by atoms with Gasteiger partial charge in [0.1, 0.15) is 11.9 Å². The Morgan fingerprint density at radius 3 is 2.54 bits per heavy atom. The van der Waals surface area contributed by atoms with Crippen LogP contribution < -0.4 is 0 Å². The highest BCUT2D eigenvalue weighted by Gasteiger charge is 2.35. The molecule has 4 heteroatoms. The minimum atomic E-state index is -1.32. The van der Waals surface area contributed by atoms with Crippen molar-refractivity contribution in [3.05, 3.63) is 12.2 Å². The summed E-state index contributed by atoms with van der Waals surface area (Å²) < 4.78 is 5.01. The molecule has 1 rings (SSSR count). The van der Waals surface area contributed by atoms with Gasteiger partial charge in [0.2, 0.25) is 0 Å². The summed E-state index contributed by atoms with van der Waals surface area (Å²) in [7, 11) is 0. The van der Waals surface area contributed by atoms with Gasteiger partial charge in [0, 0.05) is 26.1 Å². The summed E-state index contributed by atoms with van der Waals surface area (Å²) in [5.74, 6) is -0.414. The maximum atomic E-state index is 11.3. The third-order valence-electron chi connectivity index (χ3n) is 2.10. The lowest BCUT2D eigenvalue weighted by Gasteiger charge is -2.29. The van der Waals surface area contributed by atoms with Crippen LogP contribution in [-0.2, 0) is 14.3 Å². The van der Waals surface area contributed by atoms with E-state index in [0.29, 0.717) is 32.3 Å². The quantitative estimate of drug-likeness (QED) is 0.489. The fourth-order valence-corrected chi connectivity index (χ4v) is 1.24. The second kappa shape index (κ2) is 4.30. The molecule has 1 saturated heterocycles. The van der Waals surface area contributed by atoms with Crippen molar-refractivity contribution in [3.63, 3.8) is 0 Å². The van der Waals surface area contributed by atoms with Crippen LogP contribution in [0.3, 0.4) is 0 Å². The van der Waals surface area contributed by atoms with Crippen molar-refractivity contribution in [1.82, 2.24) is 0 Å². The van der Waals surface area contributed by atoms with Gasteiger partial charge in [-0.1, -0.05) is 0 Å². The molecule has 0 atom stereocenters. The zero-order valence-corrected chi connectivity index (χ0v) is 7.23. The van der Waals surface area contributed by atoms with E-state index < -0.39 is 11.4 Å². The molecule has 1 heterocycles. The Morgan fingerprint density at radius 2 is 2.00 bits per heavy atom. The Morgan fingerprint density at radius 1 is 1.38 bits per heavy atom. The largest absolute Gasteiger partial charge is 0.382 e. The van der Waals surface area contributed by atoms with Gasteiger partial charge in [-0.25, -0.2) is 0 Å². The van der Waals surface area contributed by atoms with Gasteiger partial charge in [0.25, 0.3) is 0 Å². The van der Waals surface area contributed by atoms with Crippen molar-refractivity contribution in [2.75, 3.05) is 13.2 Å².